The second-order valence-electron chi connectivity index (χ2n) is 30.5. The quantitative estimate of drug-likeness (QED) is 0.137. The van der Waals surface area contributed by atoms with Gasteiger partial charge in [0.1, 0.15) is 11.2 Å². The van der Waals surface area contributed by atoms with Crippen molar-refractivity contribution in [2.45, 2.75) is 0 Å². The molecule has 0 aliphatic carbocycles. The summed E-state index contributed by atoms with van der Waals surface area (Å²) in [5.41, 5.74) is 28.0. The average molecular weight is 1550 g/mol. The van der Waals surface area contributed by atoms with Crippen molar-refractivity contribution >= 4 is 141 Å². The van der Waals surface area contributed by atoms with Crippen LogP contribution in [0.25, 0.3) is 220 Å². The van der Waals surface area contributed by atoms with Crippen molar-refractivity contribution in [1.29, 1.82) is 0 Å². The van der Waals surface area contributed by atoms with Gasteiger partial charge in [0.05, 0.1) is 95.4 Å². The van der Waals surface area contributed by atoms with Gasteiger partial charge in [-0.3, -0.25) is 0 Å². The Morgan fingerprint density at radius 1 is 0.167 bits per heavy atom. The van der Waals surface area contributed by atoms with E-state index in [1.807, 2.05) is 35.6 Å². The summed E-state index contributed by atoms with van der Waals surface area (Å²) in [6.45, 7) is 0. The molecule has 8 nitrogen and oxygen atoms in total. The van der Waals surface area contributed by atoms with E-state index in [1.54, 1.807) is 0 Å². The number of aromatic nitrogens is 7. The van der Waals surface area contributed by atoms with Gasteiger partial charge in [-0.2, -0.15) is 0 Å². The molecule has 0 radical (unpaired) electrons. The third kappa shape index (κ3) is 12.1. The van der Waals surface area contributed by atoms with Crippen LogP contribution in [0.3, 0.4) is 0 Å². The minimum Gasteiger partial charge on any atom is -0.456 e. The summed E-state index contributed by atoms with van der Waals surface area (Å²) in [4.78, 5) is 15.4. The number of fused-ring (bicyclic) bond motifs is 18. The number of pyridine rings is 3. The van der Waals surface area contributed by atoms with E-state index in [0.717, 1.165) is 123 Å². The van der Waals surface area contributed by atoms with Crippen molar-refractivity contribution in [2.75, 3.05) is 0 Å². The average Bonchev–Trinajstić information content (AvgIpc) is 1.57. The van der Waals surface area contributed by atoms with Gasteiger partial charge < -0.3 is 22.7 Å². The van der Waals surface area contributed by atoms with E-state index in [4.69, 9.17) is 19.4 Å². The zero-order valence-electron chi connectivity index (χ0n) is 64.9. The molecule has 0 saturated carbocycles. The molecule has 16 aromatic carbocycles. The molecule has 0 spiro atoms. The lowest BCUT2D eigenvalue weighted by atomic mass is 10.1. The monoisotopic (exact) mass is 1550 g/mol. The summed E-state index contributed by atoms with van der Waals surface area (Å²) < 4.78 is 18.5. The zero-order chi connectivity index (χ0) is 79.1. The van der Waals surface area contributed by atoms with Crippen molar-refractivity contribution in [1.82, 2.24) is 33.2 Å². The normalized spacial score (nSPS) is 11.7. The predicted octanol–water partition coefficient (Wildman–Crippen LogP) is 29.9. The van der Waals surface area contributed by atoms with Crippen LogP contribution in [0.2, 0.25) is 0 Å². The maximum absolute atomic E-state index is 6.31. The summed E-state index contributed by atoms with van der Waals surface area (Å²) >= 11 is 1.86. The van der Waals surface area contributed by atoms with Gasteiger partial charge >= 0.3 is 0 Å². The lowest BCUT2D eigenvalue weighted by Crippen LogP contribution is -1.99. The molecule has 25 rings (SSSR count). The van der Waals surface area contributed by atoms with E-state index >= 15 is 0 Å². The van der Waals surface area contributed by atoms with Crippen molar-refractivity contribution < 1.29 is 4.42 Å². The molecule has 0 saturated heterocycles. The smallest absolute Gasteiger partial charge is 0.137 e. The molecule has 0 atom stereocenters. The highest BCUT2D eigenvalue weighted by molar-refractivity contribution is 7.25. The van der Waals surface area contributed by atoms with E-state index in [-0.39, 0.29) is 0 Å². The zero-order valence-corrected chi connectivity index (χ0v) is 65.8. The second kappa shape index (κ2) is 29.2. The SMILES string of the molecule is c1ccc(-c2cc(-n3c4ccccc4c4cc5c(cc43)oc3ccccc35)cc(-c3ccccc3)n2)cc1.c1ccc(-c2cc(-n3c4ccccc4c4cc5c(cc43)sc3ccccc35)cc(-c3ccccc3)n2)cc1.c1ccc(-c2cc(-n3c4ccccc4c4cc5c6ccccc6n(-c6ccccc6)c5cc43)cc(-c3ccccc3)n2)cc1. The summed E-state index contributed by atoms with van der Waals surface area (Å²) in [6, 6.07) is 152. The van der Waals surface area contributed by atoms with Crippen LogP contribution >= 0.6 is 11.3 Å². The number of rotatable bonds is 10. The molecule has 0 fully saturated rings. The first-order valence-electron chi connectivity index (χ1n) is 40.6. The molecular formula is C111H71N7OS. The third-order valence-corrected chi connectivity index (χ3v) is 24.6. The fourth-order valence-corrected chi connectivity index (χ4v) is 19.1. The topological polar surface area (TPSA) is 71.5 Å². The van der Waals surface area contributed by atoms with Crippen molar-refractivity contribution in [3.8, 4) is 90.3 Å². The molecule has 0 aliphatic rings. The number of hydrogen-bond donors (Lipinski definition) is 0. The summed E-state index contributed by atoms with van der Waals surface area (Å²) in [5, 5.41) is 14.9. The van der Waals surface area contributed by atoms with E-state index < -0.39 is 0 Å². The van der Waals surface area contributed by atoms with E-state index in [2.05, 4.69) is 425 Å². The third-order valence-electron chi connectivity index (χ3n) is 23.4. The molecular weight excluding hydrogens is 1480 g/mol. The van der Waals surface area contributed by atoms with Crippen molar-refractivity contribution in [3.63, 3.8) is 0 Å². The first-order chi connectivity index (χ1) is 59.5. The lowest BCUT2D eigenvalue weighted by molar-refractivity contribution is 0.669. The highest BCUT2D eigenvalue weighted by Crippen LogP contribution is 2.46. The van der Waals surface area contributed by atoms with Gasteiger partial charge in [0, 0.05) is 119 Å². The van der Waals surface area contributed by atoms with Gasteiger partial charge in [0.15, 0.2) is 0 Å². The minimum absolute atomic E-state index is 0.892. The Labute approximate surface area is 694 Å². The summed E-state index contributed by atoms with van der Waals surface area (Å²) in [6.07, 6.45) is 0. The number of nitrogens with zero attached hydrogens (tertiary/aromatic N) is 7. The minimum atomic E-state index is 0.892. The van der Waals surface area contributed by atoms with Crippen LogP contribution in [0.4, 0.5) is 0 Å². The molecule has 25 aromatic rings. The van der Waals surface area contributed by atoms with Gasteiger partial charge in [-0.1, -0.05) is 309 Å². The van der Waals surface area contributed by atoms with Gasteiger partial charge in [-0.05, 0) is 115 Å². The Hall–Kier alpha value is -15.8. The van der Waals surface area contributed by atoms with E-state index in [9.17, 15) is 0 Å². The molecule has 562 valence electrons. The predicted molar refractivity (Wildman–Crippen MR) is 503 cm³/mol. The fraction of sp³-hybridized carbons (Fsp3) is 0. The molecule has 0 unspecified atom stereocenters. The molecule has 0 N–H and O–H groups in total. The standard InChI is InChI=1S/C41H27N3.C35H22N2O.C35H22N2S/c1-4-14-28(15-5-1)36-24-31(25-37(42-36)29-16-6-2-7-17-29)44-39-23-13-11-21-33(39)35-26-34-32-20-10-12-22-38(32)43(40(34)27-41(35)44)30-18-8-3-9-19-30;2*1-3-11-23(12-4-1)30-19-25(20-31(36-30)24-13-5-2-6-14-24)37-32-17-9-7-15-26(32)28-21-29-27-16-8-10-18-34(27)38-35(29)22-33(28)37/h1-27H;2*1-22H. The van der Waals surface area contributed by atoms with Crippen molar-refractivity contribution in [3.05, 3.63) is 431 Å². The van der Waals surface area contributed by atoms with Crippen LogP contribution in [-0.4, -0.2) is 33.2 Å². The van der Waals surface area contributed by atoms with Gasteiger partial charge in [0.25, 0.3) is 0 Å². The number of furan rings is 1. The van der Waals surface area contributed by atoms with Crippen LogP contribution in [0.15, 0.2) is 435 Å². The Balaban J connectivity index is 0.000000105. The number of benzene rings is 16. The van der Waals surface area contributed by atoms with Crippen molar-refractivity contribution in [2.24, 2.45) is 0 Å². The van der Waals surface area contributed by atoms with Crippen LogP contribution in [0.5, 0.6) is 0 Å². The van der Waals surface area contributed by atoms with Gasteiger partial charge in [-0.25, -0.2) is 15.0 Å². The van der Waals surface area contributed by atoms with Crippen LogP contribution in [-0.2, 0) is 0 Å². The molecule has 9 aromatic heterocycles. The number of hydrogen-bond acceptors (Lipinski definition) is 5. The molecule has 0 amide bonds. The number of thiophene rings is 1. The Morgan fingerprint density at radius 2 is 0.442 bits per heavy atom. The number of para-hydroxylation sites is 6. The summed E-state index contributed by atoms with van der Waals surface area (Å²) in [5.74, 6) is 0. The Bertz CT molecular complexity index is 7770. The maximum Gasteiger partial charge on any atom is 0.137 e. The molecule has 9 heterocycles. The second-order valence-corrected chi connectivity index (χ2v) is 31.6. The maximum atomic E-state index is 6.31. The molecule has 0 bridgehead atoms. The van der Waals surface area contributed by atoms with Crippen LogP contribution < -0.4 is 0 Å². The van der Waals surface area contributed by atoms with Crippen LogP contribution in [0.1, 0.15) is 0 Å². The largest absolute Gasteiger partial charge is 0.456 e. The molecule has 120 heavy (non-hydrogen) atoms. The first-order valence-corrected chi connectivity index (χ1v) is 41.4. The molecule has 9 heteroatoms. The Kier molecular flexibility index (Phi) is 16.9. The highest BCUT2D eigenvalue weighted by atomic mass is 32.1. The van der Waals surface area contributed by atoms with Gasteiger partial charge in [0.2, 0.25) is 0 Å². The Morgan fingerprint density at radius 3 is 0.817 bits per heavy atom. The summed E-state index contributed by atoms with van der Waals surface area (Å²) in [7, 11) is 0. The lowest BCUT2D eigenvalue weighted by Gasteiger charge is -2.13. The van der Waals surface area contributed by atoms with Crippen LogP contribution in [0, 0.1) is 0 Å². The fourth-order valence-electron chi connectivity index (χ4n) is 18.0. The van der Waals surface area contributed by atoms with E-state index in [0.29, 0.717) is 0 Å². The highest BCUT2D eigenvalue weighted by Gasteiger charge is 2.24. The van der Waals surface area contributed by atoms with Gasteiger partial charge in [-0.15, -0.1) is 11.3 Å². The first kappa shape index (κ1) is 69.7. The molecule has 0 aliphatic heterocycles. The van der Waals surface area contributed by atoms with E-state index in [1.165, 1.54) is 96.4 Å².